The highest BCUT2D eigenvalue weighted by Crippen LogP contribution is 2.29. The lowest BCUT2D eigenvalue weighted by Crippen LogP contribution is -2.33. The quantitative estimate of drug-likeness (QED) is 0.928. The van der Waals surface area contributed by atoms with Crippen molar-refractivity contribution >= 4 is 22.5 Å². The molecule has 1 saturated carbocycles. The number of anilines is 1. The second-order valence-corrected chi connectivity index (χ2v) is 5.15. The summed E-state index contributed by atoms with van der Waals surface area (Å²) in [4.78, 5) is 19.0. The van der Waals surface area contributed by atoms with E-state index in [1.807, 2.05) is 49.2 Å². The van der Waals surface area contributed by atoms with Crippen LogP contribution in [0, 0.1) is 0 Å². The van der Waals surface area contributed by atoms with E-state index in [-0.39, 0.29) is 5.91 Å². The monoisotopic (exact) mass is 269 g/mol. The largest absolute Gasteiger partial charge is 0.373 e. The summed E-state index contributed by atoms with van der Waals surface area (Å²) in [5.74, 6) is 0.801. The molecule has 1 aliphatic rings. The first-order valence-corrected chi connectivity index (χ1v) is 7.13. The number of hydrogen-bond acceptors (Lipinski definition) is 3. The minimum atomic E-state index is 0.0391. The van der Waals surface area contributed by atoms with Crippen LogP contribution in [0.3, 0.4) is 0 Å². The van der Waals surface area contributed by atoms with Gasteiger partial charge in [-0.25, -0.2) is 4.98 Å². The number of hydrogen-bond donors (Lipinski definition) is 1. The molecular formula is C16H19N3O. The first-order chi connectivity index (χ1) is 9.74. The van der Waals surface area contributed by atoms with Gasteiger partial charge in [-0.2, -0.15) is 0 Å². The molecule has 1 amide bonds. The summed E-state index contributed by atoms with van der Waals surface area (Å²) < 4.78 is 0. The van der Waals surface area contributed by atoms with Crippen LogP contribution in [0.5, 0.6) is 0 Å². The Kier molecular flexibility index (Phi) is 3.30. The second-order valence-electron chi connectivity index (χ2n) is 5.15. The zero-order valence-corrected chi connectivity index (χ0v) is 11.9. The van der Waals surface area contributed by atoms with Crippen molar-refractivity contribution in [1.29, 1.82) is 0 Å². The van der Waals surface area contributed by atoms with E-state index in [4.69, 9.17) is 0 Å². The predicted molar refractivity (Wildman–Crippen MR) is 81.0 cm³/mol. The normalized spacial score (nSPS) is 14.3. The molecule has 1 aromatic heterocycles. The number of carbonyl (C=O) groups is 1. The molecule has 0 bridgehead atoms. The number of fused-ring (bicyclic) bond motifs is 1. The summed E-state index contributed by atoms with van der Waals surface area (Å²) in [6, 6.07) is 10.3. The van der Waals surface area contributed by atoms with E-state index in [0.717, 1.165) is 36.0 Å². The SMILES string of the molecule is CCN(C(=O)c1cc2ccccc2c(NC)n1)C1CC1. The molecule has 0 unspecified atom stereocenters. The third kappa shape index (κ3) is 2.22. The average Bonchev–Trinajstić information content (AvgIpc) is 3.31. The standard InChI is InChI=1S/C16H19N3O/c1-3-19(12-8-9-12)16(20)14-10-11-6-4-5-7-13(11)15(17-2)18-14/h4-7,10,12H,3,8-9H2,1-2H3,(H,17,18). The summed E-state index contributed by atoms with van der Waals surface area (Å²) >= 11 is 0. The Morgan fingerprint density at radius 1 is 1.40 bits per heavy atom. The Morgan fingerprint density at radius 2 is 2.15 bits per heavy atom. The minimum Gasteiger partial charge on any atom is -0.373 e. The number of amides is 1. The van der Waals surface area contributed by atoms with E-state index in [0.29, 0.717) is 11.7 Å². The maximum Gasteiger partial charge on any atom is 0.272 e. The van der Waals surface area contributed by atoms with Gasteiger partial charge in [0.1, 0.15) is 11.5 Å². The summed E-state index contributed by atoms with van der Waals surface area (Å²) in [5, 5.41) is 5.17. The highest BCUT2D eigenvalue weighted by atomic mass is 16.2. The summed E-state index contributed by atoms with van der Waals surface area (Å²) in [6.07, 6.45) is 2.23. The zero-order chi connectivity index (χ0) is 14.1. The van der Waals surface area contributed by atoms with Gasteiger partial charge in [0.15, 0.2) is 0 Å². The van der Waals surface area contributed by atoms with Crippen molar-refractivity contribution in [2.75, 3.05) is 18.9 Å². The molecule has 0 spiro atoms. The van der Waals surface area contributed by atoms with Crippen LogP contribution in [0.25, 0.3) is 10.8 Å². The topological polar surface area (TPSA) is 45.2 Å². The van der Waals surface area contributed by atoms with Crippen LogP contribution in [-0.2, 0) is 0 Å². The Balaban J connectivity index is 2.04. The van der Waals surface area contributed by atoms with Gasteiger partial charge >= 0.3 is 0 Å². The highest BCUT2D eigenvalue weighted by molar-refractivity contribution is 6.00. The Labute approximate surface area is 118 Å². The molecule has 1 aromatic carbocycles. The fourth-order valence-corrected chi connectivity index (χ4v) is 2.60. The molecule has 0 radical (unpaired) electrons. The molecule has 1 heterocycles. The number of rotatable bonds is 4. The van der Waals surface area contributed by atoms with Crippen LogP contribution in [0.4, 0.5) is 5.82 Å². The molecule has 4 heteroatoms. The van der Waals surface area contributed by atoms with Crippen LogP contribution in [0.1, 0.15) is 30.3 Å². The fourth-order valence-electron chi connectivity index (χ4n) is 2.60. The summed E-state index contributed by atoms with van der Waals surface area (Å²) in [7, 11) is 1.83. The Hall–Kier alpha value is -2.10. The van der Waals surface area contributed by atoms with Crippen LogP contribution in [0.15, 0.2) is 30.3 Å². The molecule has 0 atom stereocenters. The molecule has 4 nitrogen and oxygen atoms in total. The fraction of sp³-hybridized carbons (Fsp3) is 0.375. The molecule has 0 aliphatic heterocycles. The molecule has 2 aromatic rings. The van der Waals surface area contributed by atoms with Crippen molar-refractivity contribution < 1.29 is 4.79 Å². The number of carbonyl (C=O) groups excluding carboxylic acids is 1. The van der Waals surface area contributed by atoms with Gasteiger partial charge in [0, 0.05) is 25.0 Å². The van der Waals surface area contributed by atoms with Gasteiger partial charge in [-0.05, 0) is 31.2 Å². The van der Waals surface area contributed by atoms with Gasteiger partial charge in [-0.1, -0.05) is 24.3 Å². The zero-order valence-electron chi connectivity index (χ0n) is 11.9. The van der Waals surface area contributed by atoms with E-state index < -0.39 is 0 Å². The molecule has 1 fully saturated rings. The van der Waals surface area contributed by atoms with Crippen molar-refractivity contribution in [2.24, 2.45) is 0 Å². The van der Waals surface area contributed by atoms with E-state index in [1.165, 1.54) is 0 Å². The molecule has 104 valence electrons. The van der Waals surface area contributed by atoms with Gasteiger partial charge in [0.2, 0.25) is 0 Å². The second kappa shape index (κ2) is 5.12. The Bertz CT molecular complexity index is 649. The van der Waals surface area contributed by atoms with Crippen LogP contribution in [0.2, 0.25) is 0 Å². The van der Waals surface area contributed by atoms with E-state index in [9.17, 15) is 4.79 Å². The van der Waals surface area contributed by atoms with Gasteiger partial charge in [-0.15, -0.1) is 0 Å². The minimum absolute atomic E-state index is 0.0391. The molecule has 1 aliphatic carbocycles. The van der Waals surface area contributed by atoms with Gasteiger partial charge < -0.3 is 10.2 Å². The van der Waals surface area contributed by atoms with Crippen molar-refractivity contribution in [1.82, 2.24) is 9.88 Å². The summed E-state index contributed by atoms with van der Waals surface area (Å²) in [5.41, 5.74) is 0.529. The molecule has 0 saturated heterocycles. The molecule has 20 heavy (non-hydrogen) atoms. The van der Waals surface area contributed by atoms with Crippen LogP contribution < -0.4 is 5.32 Å². The van der Waals surface area contributed by atoms with Crippen LogP contribution >= 0.6 is 0 Å². The van der Waals surface area contributed by atoms with Gasteiger partial charge in [-0.3, -0.25) is 4.79 Å². The highest BCUT2D eigenvalue weighted by Gasteiger charge is 2.32. The number of pyridine rings is 1. The van der Waals surface area contributed by atoms with Crippen LogP contribution in [-0.4, -0.2) is 35.4 Å². The predicted octanol–water partition coefficient (Wildman–Crippen LogP) is 2.90. The number of aromatic nitrogens is 1. The first-order valence-electron chi connectivity index (χ1n) is 7.13. The Morgan fingerprint density at radius 3 is 2.80 bits per heavy atom. The van der Waals surface area contributed by atoms with E-state index in [2.05, 4.69) is 10.3 Å². The maximum atomic E-state index is 12.6. The lowest BCUT2D eigenvalue weighted by Gasteiger charge is -2.20. The number of nitrogens with one attached hydrogen (secondary N) is 1. The smallest absolute Gasteiger partial charge is 0.272 e. The summed E-state index contributed by atoms with van der Waals surface area (Å²) in [6.45, 7) is 2.77. The lowest BCUT2D eigenvalue weighted by molar-refractivity contribution is 0.0747. The molecule has 3 rings (SSSR count). The molecular weight excluding hydrogens is 250 g/mol. The lowest BCUT2D eigenvalue weighted by atomic mass is 10.1. The van der Waals surface area contributed by atoms with Gasteiger partial charge in [0.25, 0.3) is 5.91 Å². The maximum absolute atomic E-state index is 12.6. The first kappa shape index (κ1) is 12.9. The van der Waals surface area contributed by atoms with E-state index >= 15 is 0 Å². The third-order valence-electron chi connectivity index (χ3n) is 3.79. The average molecular weight is 269 g/mol. The van der Waals surface area contributed by atoms with Gasteiger partial charge in [0.05, 0.1) is 0 Å². The van der Waals surface area contributed by atoms with Crippen molar-refractivity contribution in [2.45, 2.75) is 25.8 Å². The number of benzene rings is 1. The van der Waals surface area contributed by atoms with Crippen molar-refractivity contribution in [3.63, 3.8) is 0 Å². The third-order valence-corrected chi connectivity index (χ3v) is 3.79. The van der Waals surface area contributed by atoms with E-state index in [1.54, 1.807) is 0 Å². The number of nitrogens with zero attached hydrogens (tertiary/aromatic N) is 2. The van der Waals surface area contributed by atoms with Crippen molar-refractivity contribution in [3.8, 4) is 0 Å². The van der Waals surface area contributed by atoms with Crippen molar-refractivity contribution in [3.05, 3.63) is 36.0 Å². The molecule has 1 N–H and O–H groups in total.